The molecule has 2 nitrogen and oxygen atoms in total. The molecule has 2 aromatic rings. The molecule has 80 valence electrons. The van der Waals surface area contributed by atoms with Crippen molar-refractivity contribution in [3.8, 4) is 0 Å². The van der Waals surface area contributed by atoms with E-state index in [2.05, 4.69) is 9.97 Å². The van der Waals surface area contributed by atoms with Crippen molar-refractivity contribution < 1.29 is 4.39 Å². The van der Waals surface area contributed by atoms with Crippen molar-refractivity contribution in [2.45, 2.75) is 25.6 Å². The number of nitrogens with zero attached hydrogens (tertiary/aromatic N) is 1. The SMILES string of the molecule is CCCc1c(F)ccc2[nH]c(CCl)nc12. The normalized spacial score (nSPS) is 11.1. The maximum atomic E-state index is 13.5. The number of nitrogens with one attached hydrogen (secondary N) is 1. The number of hydrogen-bond donors (Lipinski definition) is 1. The Hall–Kier alpha value is -1.09. The lowest BCUT2D eigenvalue weighted by atomic mass is 10.1. The molecule has 0 fully saturated rings. The molecule has 0 spiro atoms. The number of fused-ring (bicyclic) bond motifs is 1. The van der Waals surface area contributed by atoms with Crippen LogP contribution in [0.25, 0.3) is 11.0 Å². The van der Waals surface area contributed by atoms with Crippen LogP contribution >= 0.6 is 11.6 Å². The molecule has 1 aromatic heterocycles. The minimum absolute atomic E-state index is 0.183. The van der Waals surface area contributed by atoms with E-state index in [1.807, 2.05) is 6.92 Å². The predicted octanol–water partition coefficient (Wildman–Crippen LogP) is 3.39. The minimum Gasteiger partial charge on any atom is -0.341 e. The summed E-state index contributed by atoms with van der Waals surface area (Å²) >= 11 is 5.68. The zero-order chi connectivity index (χ0) is 10.8. The van der Waals surface area contributed by atoms with E-state index in [4.69, 9.17) is 11.6 Å². The molecule has 0 saturated heterocycles. The number of halogens is 2. The number of H-pyrrole nitrogens is 1. The summed E-state index contributed by atoms with van der Waals surface area (Å²) in [6.07, 6.45) is 1.61. The standard InChI is InChI=1S/C11H12ClFN2/c1-2-3-7-8(13)4-5-9-11(7)15-10(6-12)14-9/h4-5H,2-3,6H2,1H3,(H,14,15). The Bertz CT molecular complexity index is 479. The molecule has 1 N–H and O–H groups in total. The van der Waals surface area contributed by atoms with E-state index in [9.17, 15) is 4.39 Å². The van der Waals surface area contributed by atoms with Crippen LogP contribution in [0.1, 0.15) is 24.7 Å². The number of hydrogen-bond acceptors (Lipinski definition) is 1. The van der Waals surface area contributed by atoms with Crippen LogP contribution in [0.5, 0.6) is 0 Å². The number of imidazole rings is 1. The molecule has 4 heteroatoms. The highest BCUT2D eigenvalue weighted by molar-refractivity contribution is 6.16. The number of aryl methyl sites for hydroxylation is 1. The average molecular weight is 227 g/mol. The number of aromatic nitrogens is 2. The third-order valence-electron chi connectivity index (χ3n) is 2.38. The number of benzene rings is 1. The lowest BCUT2D eigenvalue weighted by molar-refractivity contribution is 0.610. The summed E-state index contributed by atoms with van der Waals surface area (Å²) in [5, 5.41) is 0. The Kier molecular flexibility index (Phi) is 2.91. The van der Waals surface area contributed by atoms with E-state index >= 15 is 0 Å². The Labute approximate surface area is 92.5 Å². The van der Waals surface area contributed by atoms with Gasteiger partial charge in [0.15, 0.2) is 0 Å². The zero-order valence-corrected chi connectivity index (χ0v) is 9.24. The summed E-state index contributed by atoms with van der Waals surface area (Å²) in [4.78, 5) is 7.34. The van der Waals surface area contributed by atoms with Gasteiger partial charge in [-0.1, -0.05) is 13.3 Å². The first-order chi connectivity index (χ1) is 7.26. The highest BCUT2D eigenvalue weighted by Crippen LogP contribution is 2.21. The largest absolute Gasteiger partial charge is 0.341 e. The summed E-state index contributed by atoms with van der Waals surface area (Å²) in [5.74, 6) is 0.827. The van der Waals surface area contributed by atoms with Crippen LogP contribution in [0.2, 0.25) is 0 Å². The molecule has 0 atom stereocenters. The van der Waals surface area contributed by atoms with Crippen molar-refractivity contribution in [2.24, 2.45) is 0 Å². The number of aromatic amines is 1. The molecule has 15 heavy (non-hydrogen) atoms. The first-order valence-corrected chi connectivity index (χ1v) is 5.51. The van der Waals surface area contributed by atoms with Gasteiger partial charge >= 0.3 is 0 Å². The van der Waals surface area contributed by atoms with Gasteiger partial charge in [0.25, 0.3) is 0 Å². The quantitative estimate of drug-likeness (QED) is 0.799. The van der Waals surface area contributed by atoms with Crippen molar-refractivity contribution in [1.82, 2.24) is 9.97 Å². The van der Waals surface area contributed by atoms with Crippen molar-refractivity contribution in [3.05, 3.63) is 29.3 Å². The van der Waals surface area contributed by atoms with E-state index in [-0.39, 0.29) is 5.82 Å². The van der Waals surface area contributed by atoms with Gasteiger partial charge < -0.3 is 4.98 Å². The second-order valence-corrected chi connectivity index (χ2v) is 3.76. The highest BCUT2D eigenvalue weighted by atomic mass is 35.5. The van der Waals surface area contributed by atoms with Gasteiger partial charge in [-0.15, -0.1) is 11.6 Å². The lowest BCUT2D eigenvalue weighted by Crippen LogP contribution is -1.91. The molecular weight excluding hydrogens is 215 g/mol. The van der Waals surface area contributed by atoms with Gasteiger partial charge in [0, 0.05) is 5.56 Å². The third kappa shape index (κ3) is 1.84. The summed E-state index contributed by atoms with van der Waals surface area (Å²) in [6.45, 7) is 2.02. The first-order valence-electron chi connectivity index (χ1n) is 4.98. The van der Waals surface area contributed by atoms with Crippen LogP contribution in [0.3, 0.4) is 0 Å². The summed E-state index contributed by atoms with van der Waals surface area (Å²) < 4.78 is 13.5. The Morgan fingerprint density at radius 3 is 2.93 bits per heavy atom. The molecule has 0 amide bonds. The van der Waals surface area contributed by atoms with E-state index in [0.717, 1.165) is 11.9 Å². The Balaban J connectivity index is 2.63. The lowest BCUT2D eigenvalue weighted by Gasteiger charge is -2.01. The van der Waals surface area contributed by atoms with Gasteiger partial charge in [-0.05, 0) is 18.6 Å². The second kappa shape index (κ2) is 4.19. The summed E-state index contributed by atoms with van der Waals surface area (Å²) in [6, 6.07) is 3.18. The van der Waals surface area contributed by atoms with E-state index in [1.165, 1.54) is 6.07 Å². The zero-order valence-electron chi connectivity index (χ0n) is 8.48. The molecule has 0 aliphatic heterocycles. The Morgan fingerprint density at radius 1 is 1.47 bits per heavy atom. The van der Waals surface area contributed by atoms with Gasteiger partial charge in [-0.25, -0.2) is 9.37 Å². The van der Waals surface area contributed by atoms with Gasteiger partial charge in [-0.2, -0.15) is 0 Å². The summed E-state index contributed by atoms with van der Waals surface area (Å²) in [5.41, 5.74) is 2.26. The van der Waals surface area contributed by atoms with Gasteiger partial charge in [0.2, 0.25) is 0 Å². The molecule has 0 saturated carbocycles. The number of alkyl halides is 1. The van der Waals surface area contributed by atoms with Crippen LogP contribution in [0, 0.1) is 5.82 Å². The van der Waals surface area contributed by atoms with Crippen LogP contribution < -0.4 is 0 Å². The van der Waals surface area contributed by atoms with Crippen molar-refractivity contribution in [2.75, 3.05) is 0 Å². The molecule has 0 radical (unpaired) electrons. The predicted molar refractivity (Wildman–Crippen MR) is 59.6 cm³/mol. The maximum Gasteiger partial charge on any atom is 0.128 e. The third-order valence-corrected chi connectivity index (χ3v) is 2.63. The van der Waals surface area contributed by atoms with E-state index < -0.39 is 0 Å². The fraction of sp³-hybridized carbons (Fsp3) is 0.364. The number of rotatable bonds is 3. The van der Waals surface area contributed by atoms with E-state index in [1.54, 1.807) is 6.07 Å². The van der Waals surface area contributed by atoms with Crippen LogP contribution in [-0.4, -0.2) is 9.97 Å². The molecule has 0 unspecified atom stereocenters. The van der Waals surface area contributed by atoms with Crippen molar-refractivity contribution >= 4 is 22.6 Å². The molecule has 0 bridgehead atoms. The Morgan fingerprint density at radius 2 is 2.27 bits per heavy atom. The second-order valence-electron chi connectivity index (χ2n) is 3.49. The highest BCUT2D eigenvalue weighted by Gasteiger charge is 2.10. The van der Waals surface area contributed by atoms with Gasteiger partial charge in [-0.3, -0.25) is 0 Å². The van der Waals surface area contributed by atoms with Gasteiger partial charge in [0.1, 0.15) is 11.6 Å². The molecule has 1 aromatic carbocycles. The minimum atomic E-state index is -0.183. The topological polar surface area (TPSA) is 28.7 Å². The fourth-order valence-electron chi connectivity index (χ4n) is 1.71. The maximum absolute atomic E-state index is 13.5. The van der Waals surface area contributed by atoms with E-state index in [0.29, 0.717) is 29.2 Å². The molecular formula is C11H12ClFN2. The van der Waals surface area contributed by atoms with Crippen LogP contribution in [0.15, 0.2) is 12.1 Å². The molecule has 1 heterocycles. The first kappa shape index (κ1) is 10.4. The van der Waals surface area contributed by atoms with Crippen LogP contribution in [-0.2, 0) is 12.3 Å². The van der Waals surface area contributed by atoms with Crippen LogP contribution in [0.4, 0.5) is 4.39 Å². The molecule has 2 rings (SSSR count). The van der Waals surface area contributed by atoms with Crippen molar-refractivity contribution in [1.29, 1.82) is 0 Å². The summed E-state index contributed by atoms with van der Waals surface area (Å²) in [7, 11) is 0. The van der Waals surface area contributed by atoms with Gasteiger partial charge in [0.05, 0.1) is 16.9 Å². The van der Waals surface area contributed by atoms with Crippen molar-refractivity contribution in [3.63, 3.8) is 0 Å². The fourth-order valence-corrected chi connectivity index (χ4v) is 1.84. The smallest absolute Gasteiger partial charge is 0.128 e. The molecule has 0 aliphatic carbocycles. The molecule has 0 aliphatic rings. The monoisotopic (exact) mass is 226 g/mol. The average Bonchev–Trinajstić information content (AvgIpc) is 2.66.